The van der Waals surface area contributed by atoms with Crippen molar-refractivity contribution in [2.24, 2.45) is 4.99 Å². The van der Waals surface area contributed by atoms with Crippen molar-refractivity contribution in [3.63, 3.8) is 0 Å². The Balaban J connectivity index is 2.07. The number of thioether (sulfide) groups is 1. The molecule has 30 heavy (non-hydrogen) atoms. The van der Waals surface area contributed by atoms with Gasteiger partial charge in [0.15, 0.2) is 0 Å². The maximum atomic E-state index is 12.5. The Labute approximate surface area is 179 Å². The van der Waals surface area contributed by atoms with Crippen LogP contribution in [0.25, 0.3) is 6.08 Å². The van der Waals surface area contributed by atoms with Crippen LogP contribution in [-0.2, 0) is 9.53 Å². The average Bonchev–Trinajstić information content (AvgIpc) is 3.02. The highest BCUT2D eigenvalue weighted by atomic mass is 32.2. The first-order valence-electron chi connectivity index (χ1n) is 9.34. The predicted molar refractivity (Wildman–Crippen MR) is 120 cm³/mol. The van der Waals surface area contributed by atoms with E-state index in [0.29, 0.717) is 27.1 Å². The van der Waals surface area contributed by atoms with Gasteiger partial charge in [-0.25, -0.2) is 9.79 Å². The number of aliphatic hydroxyl groups is 1. The minimum atomic E-state index is -0.611. The second-order valence-electron chi connectivity index (χ2n) is 6.46. The Morgan fingerprint density at radius 2 is 1.83 bits per heavy atom. The van der Waals surface area contributed by atoms with Crippen molar-refractivity contribution in [3.8, 4) is 11.5 Å². The lowest BCUT2D eigenvalue weighted by atomic mass is 10.1. The molecule has 3 rings (SSSR count). The van der Waals surface area contributed by atoms with Gasteiger partial charge in [-0.05, 0) is 55.3 Å². The van der Waals surface area contributed by atoms with Crippen LogP contribution in [0.2, 0.25) is 0 Å². The van der Waals surface area contributed by atoms with Gasteiger partial charge in [-0.15, -0.1) is 0 Å². The lowest BCUT2D eigenvalue weighted by Crippen LogP contribution is -2.12. The number of aryl methyl sites for hydroxylation is 1. The van der Waals surface area contributed by atoms with E-state index in [4.69, 9.17) is 14.2 Å². The molecule has 0 saturated heterocycles. The van der Waals surface area contributed by atoms with Crippen LogP contribution in [0.15, 0.2) is 63.7 Å². The third-order valence-corrected chi connectivity index (χ3v) is 5.29. The van der Waals surface area contributed by atoms with Crippen LogP contribution in [0.5, 0.6) is 11.5 Å². The van der Waals surface area contributed by atoms with E-state index in [1.165, 1.54) is 11.8 Å². The van der Waals surface area contributed by atoms with Gasteiger partial charge in [-0.2, -0.15) is 0 Å². The molecule has 0 radical (unpaired) electrons. The molecular formula is C23H23NO5S. The van der Waals surface area contributed by atoms with Gasteiger partial charge < -0.3 is 19.3 Å². The van der Waals surface area contributed by atoms with Gasteiger partial charge in [0.2, 0.25) is 0 Å². The summed E-state index contributed by atoms with van der Waals surface area (Å²) in [6.45, 7) is 3.88. The van der Waals surface area contributed by atoms with Gasteiger partial charge in [-0.3, -0.25) is 0 Å². The highest BCUT2D eigenvalue weighted by molar-refractivity contribution is 8.18. The fourth-order valence-electron chi connectivity index (χ4n) is 2.87. The second kappa shape index (κ2) is 9.54. The number of aliphatic hydroxyl groups excluding tert-OH is 1. The van der Waals surface area contributed by atoms with E-state index >= 15 is 0 Å². The van der Waals surface area contributed by atoms with Gasteiger partial charge in [0.05, 0.1) is 31.4 Å². The SMILES string of the molecule is CCOC(=O)C1=C(O)C(=Cc2cc(OC)cc(OC)c2)SC1=Nc1cccc(C)c1. The fraction of sp³-hybridized carbons (Fsp3) is 0.217. The van der Waals surface area contributed by atoms with E-state index in [1.807, 2.05) is 43.3 Å². The molecule has 0 amide bonds. The zero-order chi connectivity index (χ0) is 21.7. The van der Waals surface area contributed by atoms with Gasteiger partial charge in [0, 0.05) is 6.07 Å². The summed E-state index contributed by atoms with van der Waals surface area (Å²) in [4.78, 5) is 17.6. The van der Waals surface area contributed by atoms with Crippen molar-refractivity contribution >= 4 is 34.5 Å². The van der Waals surface area contributed by atoms with E-state index in [9.17, 15) is 9.90 Å². The lowest BCUT2D eigenvalue weighted by molar-refractivity contribution is -0.138. The molecule has 0 atom stereocenters. The van der Waals surface area contributed by atoms with E-state index in [-0.39, 0.29) is 17.9 Å². The molecule has 1 N–H and O–H groups in total. The van der Waals surface area contributed by atoms with E-state index in [0.717, 1.165) is 11.1 Å². The number of ether oxygens (including phenoxy) is 3. The Kier molecular flexibility index (Phi) is 6.84. The molecular weight excluding hydrogens is 402 g/mol. The maximum absolute atomic E-state index is 12.5. The Hall–Kier alpha value is -3.19. The first kappa shape index (κ1) is 21.5. The smallest absolute Gasteiger partial charge is 0.344 e. The van der Waals surface area contributed by atoms with Crippen molar-refractivity contribution in [1.82, 2.24) is 0 Å². The second-order valence-corrected chi connectivity index (χ2v) is 7.49. The zero-order valence-electron chi connectivity index (χ0n) is 17.3. The standard InChI is InChI=1S/C23H23NO5S/c1-5-29-23(26)20-21(25)19(12-15-10-17(27-3)13-18(11-15)28-4)30-22(20)24-16-8-6-7-14(2)9-16/h6-13,25H,5H2,1-4H3. The van der Waals surface area contributed by atoms with E-state index in [1.54, 1.807) is 33.3 Å². The molecule has 0 aromatic heterocycles. The van der Waals surface area contributed by atoms with Crippen LogP contribution >= 0.6 is 11.8 Å². The number of carbonyl (C=O) groups excluding carboxylic acids is 1. The van der Waals surface area contributed by atoms with Crippen LogP contribution in [0.1, 0.15) is 18.1 Å². The van der Waals surface area contributed by atoms with Crippen molar-refractivity contribution in [2.45, 2.75) is 13.8 Å². The summed E-state index contributed by atoms with van der Waals surface area (Å²) >= 11 is 1.21. The molecule has 156 valence electrons. The number of hydrogen-bond acceptors (Lipinski definition) is 7. The van der Waals surface area contributed by atoms with Crippen LogP contribution in [0.4, 0.5) is 5.69 Å². The molecule has 1 aliphatic heterocycles. The summed E-state index contributed by atoms with van der Waals surface area (Å²) in [5.74, 6) is 0.464. The zero-order valence-corrected chi connectivity index (χ0v) is 18.1. The van der Waals surface area contributed by atoms with Gasteiger partial charge in [-0.1, -0.05) is 23.9 Å². The number of aliphatic imine (C=N–C) groups is 1. The quantitative estimate of drug-likeness (QED) is 0.641. The number of nitrogens with zero attached hydrogens (tertiary/aromatic N) is 1. The minimum absolute atomic E-state index is 0.0597. The molecule has 1 aliphatic rings. The third-order valence-electron chi connectivity index (χ3n) is 4.27. The summed E-state index contributed by atoms with van der Waals surface area (Å²) < 4.78 is 15.7. The molecule has 7 heteroatoms. The number of methoxy groups -OCH3 is 2. The number of benzene rings is 2. The van der Waals surface area contributed by atoms with Crippen molar-refractivity contribution in [3.05, 3.63) is 69.8 Å². The molecule has 0 aliphatic carbocycles. The Bertz CT molecular complexity index is 1030. The lowest BCUT2D eigenvalue weighted by Gasteiger charge is -2.06. The molecule has 2 aromatic carbocycles. The molecule has 0 bridgehead atoms. The normalized spacial score (nSPS) is 16.3. The van der Waals surface area contributed by atoms with E-state index < -0.39 is 5.97 Å². The molecule has 6 nitrogen and oxygen atoms in total. The molecule has 0 spiro atoms. The molecule has 1 heterocycles. The van der Waals surface area contributed by atoms with Crippen LogP contribution in [-0.4, -0.2) is 36.9 Å². The number of rotatable bonds is 6. The van der Waals surface area contributed by atoms with Crippen molar-refractivity contribution in [1.29, 1.82) is 0 Å². The van der Waals surface area contributed by atoms with Crippen LogP contribution in [0.3, 0.4) is 0 Å². The van der Waals surface area contributed by atoms with Gasteiger partial charge >= 0.3 is 5.97 Å². The first-order chi connectivity index (χ1) is 14.4. The Morgan fingerprint density at radius 3 is 2.43 bits per heavy atom. The summed E-state index contributed by atoms with van der Waals surface area (Å²) in [5.41, 5.74) is 2.55. The molecule has 0 unspecified atom stereocenters. The van der Waals surface area contributed by atoms with Crippen LogP contribution in [0, 0.1) is 6.92 Å². The van der Waals surface area contributed by atoms with Crippen molar-refractivity contribution in [2.75, 3.05) is 20.8 Å². The number of hydrogen-bond donors (Lipinski definition) is 1. The van der Waals surface area contributed by atoms with Gasteiger partial charge in [0.25, 0.3) is 0 Å². The van der Waals surface area contributed by atoms with E-state index in [2.05, 4.69) is 4.99 Å². The summed E-state index contributed by atoms with van der Waals surface area (Å²) in [5, 5.41) is 11.2. The Morgan fingerprint density at radius 1 is 1.13 bits per heavy atom. The third kappa shape index (κ3) is 4.86. The molecule has 0 saturated carbocycles. The highest BCUT2D eigenvalue weighted by Gasteiger charge is 2.33. The minimum Gasteiger partial charge on any atom is -0.506 e. The summed E-state index contributed by atoms with van der Waals surface area (Å²) in [7, 11) is 3.14. The van der Waals surface area contributed by atoms with Crippen molar-refractivity contribution < 1.29 is 24.1 Å². The number of carbonyl (C=O) groups is 1. The molecule has 2 aromatic rings. The maximum Gasteiger partial charge on any atom is 0.344 e. The predicted octanol–water partition coefficient (Wildman–Crippen LogP) is 5.21. The topological polar surface area (TPSA) is 77.4 Å². The summed E-state index contributed by atoms with van der Waals surface area (Å²) in [6.07, 6.45) is 1.75. The summed E-state index contributed by atoms with van der Waals surface area (Å²) in [6, 6.07) is 13.0. The first-order valence-corrected chi connectivity index (χ1v) is 10.2. The van der Waals surface area contributed by atoms with Gasteiger partial charge in [0.1, 0.15) is 27.9 Å². The monoisotopic (exact) mass is 425 g/mol. The van der Waals surface area contributed by atoms with Crippen LogP contribution < -0.4 is 9.47 Å². The fourth-order valence-corrected chi connectivity index (χ4v) is 3.91. The molecule has 0 fully saturated rings. The average molecular weight is 426 g/mol. The number of esters is 1. The highest BCUT2D eigenvalue weighted by Crippen LogP contribution is 2.40. The largest absolute Gasteiger partial charge is 0.506 e.